The van der Waals surface area contributed by atoms with Crippen molar-refractivity contribution in [3.8, 4) is 11.5 Å². The van der Waals surface area contributed by atoms with Crippen molar-refractivity contribution in [2.24, 2.45) is 4.99 Å². The van der Waals surface area contributed by atoms with E-state index in [2.05, 4.69) is 15.6 Å². The third-order valence-corrected chi connectivity index (χ3v) is 4.70. The van der Waals surface area contributed by atoms with Crippen molar-refractivity contribution in [3.05, 3.63) is 59.7 Å². The van der Waals surface area contributed by atoms with Crippen LogP contribution in [0, 0.1) is 0 Å². The summed E-state index contributed by atoms with van der Waals surface area (Å²) in [6.45, 7) is 3.17. The van der Waals surface area contributed by atoms with Crippen molar-refractivity contribution in [1.29, 1.82) is 0 Å². The number of nitrogens with one attached hydrogen (secondary N) is 2. The molecule has 0 bridgehead atoms. The average Bonchev–Trinajstić information content (AvgIpc) is 2.76. The molecule has 0 saturated carbocycles. The Morgan fingerprint density at radius 1 is 1.23 bits per heavy atom. The molecule has 3 N–H and O–H groups in total. The van der Waals surface area contributed by atoms with E-state index in [1.807, 2.05) is 31.2 Å². The van der Waals surface area contributed by atoms with Gasteiger partial charge in [-0.1, -0.05) is 18.2 Å². The Bertz CT molecular complexity index is 872. The van der Waals surface area contributed by atoms with Crippen molar-refractivity contribution in [2.45, 2.75) is 31.7 Å². The minimum atomic E-state index is -4.40. The van der Waals surface area contributed by atoms with E-state index in [0.717, 1.165) is 29.9 Å². The molecule has 0 spiro atoms. The SMILES string of the molecule is CCNC(=NCC(O)COc1ccc(C(F)(F)F)cc1)NC1CCOc2ccccc21. The van der Waals surface area contributed by atoms with Crippen LogP contribution >= 0.6 is 0 Å². The number of halogens is 3. The molecule has 3 rings (SSSR count). The molecular weight excluding hydrogens is 411 g/mol. The number of aliphatic hydroxyl groups is 1. The first-order chi connectivity index (χ1) is 14.9. The Morgan fingerprint density at radius 2 is 1.97 bits per heavy atom. The summed E-state index contributed by atoms with van der Waals surface area (Å²) in [5.74, 6) is 1.64. The van der Waals surface area contributed by atoms with E-state index >= 15 is 0 Å². The van der Waals surface area contributed by atoms with Gasteiger partial charge < -0.3 is 25.2 Å². The molecule has 9 heteroatoms. The van der Waals surface area contributed by atoms with Gasteiger partial charge in [-0.2, -0.15) is 13.2 Å². The van der Waals surface area contributed by atoms with Crippen LogP contribution in [0.5, 0.6) is 11.5 Å². The van der Waals surface area contributed by atoms with Crippen LogP contribution in [0.3, 0.4) is 0 Å². The van der Waals surface area contributed by atoms with E-state index in [-0.39, 0.29) is 24.9 Å². The lowest BCUT2D eigenvalue weighted by atomic mass is 10.0. The zero-order chi connectivity index (χ0) is 22.3. The van der Waals surface area contributed by atoms with Crippen molar-refractivity contribution in [2.75, 3.05) is 26.3 Å². The number of ether oxygens (including phenoxy) is 2. The number of benzene rings is 2. The van der Waals surface area contributed by atoms with Crippen LogP contribution in [0.1, 0.15) is 30.5 Å². The summed E-state index contributed by atoms with van der Waals surface area (Å²) >= 11 is 0. The van der Waals surface area contributed by atoms with Crippen LogP contribution < -0.4 is 20.1 Å². The molecule has 0 fully saturated rings. The molecule has 0 amide bonds. The fourth-order valence-corrected chi connectivity index (χ4v) is 3.16. The molecule has 6 nitrogen and oxygen atoms in total. The molecule has 0 saturated heterocycles. The molecule has 168 valence electrons. The number of rotatable bonds is 7. The molecule has 0 radical (unpaired) electrons. The maximum atomic E-state index is 12.6. The highest BCUT2D eigenvalue weighted by atomic mass is 19.4. The summed E-state index contributed by atoms with van der Waals surface area (Å²) in [5, 5.41) is 16.7. The third kappa shape index (κ3) is 6.52. The minimum Gasteiger partial charge on any atom is -0.493 e. The van der Waals surface area contributed by atoms with Gasteiger partial charge in [0.2, 0.25) is 0 Å². The lowest BCUT2D eigenvalue weighted by Gasteiger charge is -2.28. The van der Waals surface area contributed by atoms with Gasteiger partial charge in [0.05, 0.1) is 24.8 Å². The number of nitrogens with zero attached hydrogens (tertiary/aromatic N) is 1. The number of alkyl halides is 3. The van der Waals surface area contributed by atoms with Gasteiger partial charge >= 0.3 is 6.18 Å². The molecule has 1 aliphatic heterocycles. The van der Waals surface area contributed by atoms with Gasteiger partial charge in [0.1, 0.15) is 24.2 Å². The summed E-state index contributed by atoms with van der Waals surface area (Å²) in [6, 6.07) is 12.2. The van der Waals surface area contributed by atoms with Crippen molar-refractivity contribution < 1.29 is 27.8 Å². The average molecular weight is 437 g/mol. The molecule has 2 aromatic rings. The van der Waals surface area contributed by atoms with E-state index in [1.165, 1.54) is 12.1 Å². The van der Waals surface area contributed by atoms with Gasteiger partial charge in [-0.05, 0) is 37.3 Å². The second-order valence-corrected chi connectivity index (χ2v) is 7.08. The van der Waals surface area contributed by atoms with Crippen LogP contribution in [-0.4, -0.2) is 43.5 Å². The van der Waals surface area contributed by atoms with Gasteiger partial charge in [-0.15, -0.1) is 0 Å². The van der Waals surface area contributed by atoms with E-state index in [9.17, 15) is 18.3 Å². The van der Waals surface area contributed by atoms with E-state index < -0.39 is 17.8 Å². The highest BCUT2D eigenvalue weighted by Gasteiger charge is 2.30. The fourth-order valence-electron chi connectivity index (χ4n) is 3.16. The number of hydrogen-bond donors (Lipinski definition) is 3. The molecule has 2 unspecified atom stereocenters. The smallest absolute Gasteiger partial charge is 0.416 e. The molecule has 1 aliphatic rings. The fraction of sp³-hybridized carbons (Fsp3) is 0.409. The van der Waals surface area contributed by atoms with E-state index in [1.54, 1.807) is 0 Å². The van der Waals surface area contributed by atoms with Gasteiger partial charge in [0.15, 0.2) is 5.96 Å². The molecule has 0 aliphatic carbocycles. The first-order valence-corrected chi connectivity index (χ1v) is 10.1. The second-order valence-electron chi connectivity index (χ2n) is 7.08. The zero-order valence-corrected chi connectivity index (χ0v) is 17.2. The van der Waals surface area contributed by atoms with Crippen LogP contribution in [0.15, 0.2) is 53.5 Å². The predicted octanol–water partition coefficient (Wildman–Crippen LogP) is 3.52. The molecule has 0 aromatic heterocycles. The Balaban J connectivity index is 1.54. The largest absolute Gasteiger partial charge is 0.493 e. The number of aliphatic imine (C=N–C) groups is 1. The maximum absolute atomic E-state index is 12.6. The Kier molecular flexibility index (Phi) is 7.62. The Labute approximate surface area is 179 Å². The normalized spacial score (nSPS) is 17.3. The lowest BCUT2D eigenvalue weighted by molar-refractivity contribution is -0.137. The summed E-state index contributed by atoms with van der Waals surface area (Å²) in [5.41, 5.74) is 0.298. The quantitative estimate of drug-likeness (QED) is 0.457. The van der Waals surface area contributed by atoms with Gasteiger partial charge in [-0.3, -0.25) is 4.99 Å². The number of para-hydroxylation sites is 1. The van der Waals surface area contributed by atoms with Crippen LogP contribution in [0.2, 0.25) is 0 Å². The predicted molar refractivity (Wildman–Crippen MR) is 111 cm³/mol. The van der Waals surface area contributed by atoms with Gasteiger partial charge in [-0.25, -0.2) is 0 Å². The lowest BCUT2D eigenvalue weighted by Crippen LogP contribution is -2.41. The summed E-state index contributed by atoms with van der Waals surface area (Å²) in [7, 11) is 0. The standard InChI is InChI=1S/C22H26F3N3O3/c1-2-26-21(28-19-11-12-30-20-6-4-3-5-18(19)20)27-13-16(29)14-31-17-9-7-15(8-10-17)22(23,24)25/h3-10,16,19,29H,2,11-14H2,1H3,(H2,26,27,28). The molecular formula is C22H26F3N3O3. The highest BCUT2D eigenvalue weighted by molar-refractivity contribution is 5.80. The first-order valence-electron chi connectivity index (χ1n) is 10.1. The topological polar surface area (TPSA) is 75.1 Å². The van der Waals surface area contributed by atoms with Crippen molar-refractivity contribution >= 4 is 5.96 Å². The molecule has 31 heavy (non-hydrogen) atoms. The Hall–Kier alpha value is -2.94. The number of guanidine groups is 1. The summed E-state index contributed by atoms with van der Waals surface area (Å²) < 4.78 is 48.9. The van der Waals surface area contributed by atoms with Crippen LogP contribution in [0.4, 0.5) is 13.2 Å². The van der Waals surface area contributed by atoms with E-state index in [0.29, 0.717) is 19.1 Å². The summed E-state index contributed by atoms with van der Waals surface area (Å²) in [6.07, 6.45) is -4.53. The van der Waals surface area contributed by atoms with Crippen LogP contribution in [-0.2, 0) is 6.18 Å². The van der Waals surface area contributed by atoms with Crippen molar-refractivity contribution in [3.63, 3.8) is 0 Å². The number of hydrogen-bond acceptors (Lipinski definition) is 4. The third-order valence-electron chi connectivity index (χ3n) is 4.70. The Morgan fingerprint density at radius 3 is 2.68 bits per heavy atom. The number of aliphatic hydroxyl groups excluding tert-OH is 1. The van der Waals surface area contributed by atoms with Crippen molar-refractivity contribution in [1.82, 2.24) is 10.6 Å². The highest BCUT2D eigenvalue weighted by Crippen LogP contribution is 2.31. The van der Waals surface area contributed by atoms with Crippen LogP contribution in [0.25, 0.3) is 0 Å². The maximum Gasteiger partial charge on any atom is 0.416 e. The monoisotopic (exact) mass is 437 g/mol. The first kappa shape index (κ1) is 22.7. The minimum absolute atomic E-state index is 0.0308. The van der Waals surface area contributed by atoms with E-state index in [4.69, 9.17) is 9.47 Å². The zero-order valence-electron chi connectivity index (χ0n) is 17.2. The molecule has 2 aromatic carbocycles. The molecule has 1 heterocycles. The van der Waals surface area contributed by atoms with Gasteiger partial charge in [0, 0.05) is 18.5 Å². The van der Waals surface area contributed by atoms with Gasteiger partial charge in [0.25, 0.3) is 0 Å². The summed E-state index contributed by atoms with van der Waals surface area (Å²) in [4.78, 5) is 4.41. The second kappa shape index (κ2) is 10.4. The number of fused-ring (bicyclic) bond motifs is 1. The molecule has 2 atom stereocenters.